The quantitative estimate of drug-likeness (QED) is 0.403. The van der Waals surface area contributed by atoms with E-state index in [9.17, 15) is 9.59 Å². The number of esters is 1. The number of ketones is 1. The lowest BCUT2D eigenvalue weighted by atomic mass is 9.88. The number of likely N-dealkylation sites (tertiary alicyclic amines) is 1. The molecule has 3 unspecified atom stereocenters. The van der Waals surface area contributed by atoms with Crippen molar-refractivity contribution >= 4 is 24.2 Å². The number of halogens is 1. The molecule has 1 aliphatic heterocycles. The SMILES string of the molecule is CCC(=O)OC(CC1CCCC(CC(=O)c2ccccc2)N1C)c1ccccc1.Cl. The number of hydrogen-bond donors (Lipinski definition) is 0. The van der Waals surface area contributed by atoms with Gasteiger partial charge in [0.25, 0.3) is 0 Å². The third-order valence-corrected chi connectivity index (χ3v) is 5.96. The Morgan fingerprint density at radius 1 is 1.00 bits per heavy atom. The van der Waals surface area contributed by atoms with Crippen molar-refractivity contribution in [3.05, 3.63) is 71.8 Å². The van der Waals surface area contributed by atoms with Crippen LogP contribution in [0.5, 0.6) is 0 Å². The Hall–Kier alpha value is -2.17. The van der Waals surface area contributed by atoms with Gasteiger partial charge in [0, 0.05) is 36.9 Å². The van der Waals surface area contributed by atoms with Crippen LogP contribution in [-0.4, -0.2) is 35.8 Å². The van der Waals surface area contributed by atoms with Crippen molar-refractivity contribution in [1.29, 1.82) is 0 Å². The van der Waals surface area contributed by atoms with Crippen molar-refractivity contribution in [1.82, 2.24) is 4.90 Å². The van der Waals surface area contributed by atoms with Crippen LogP contribution in [0.3, 0.4) is 0 Å². The summed E-state index contributed by atoms with van der Waals surface area (Å²) in [6.45, 7) is 1.82. The first-order valence-electron chi connectivity index (χ1n) is 10.6. The maximum Gasteiger partial charge on any atom is 0.306 e. The highest BCUT2D eigenvalue weighted by atomic mass is 35.5. The first-order chi connectivity index (χ1) is 14.1. The fourth-order valence-corrected chi connectivity index (χ4v) is 4.19. The Kier molecular flexibility index (Phi) is 9.54. The first-order valence-corrected chi connectivity index (χ1v) is 10.6. The van der Waals surface area contributed by atoms with E-state index in [1.54, 1.807) is 0 Å². The van der Waals surface area contributed by atoms with Crippen molar-refractivity contribution in [2.75, 3.05) is 7.05 Å². The highest BCUT2D eigenvalue weighted by Crippen LogP contribution is 2.32. The molecular weight excluding hydrogens is 398 g/mol. The lowest BCUT2D eigenvalue weighted by Crippen LogP contribution is -2.45. The maximum absolute atomic E-state index is 12.7. The molecule has 4 nitrogen and oxygen atoms in total. The highest BCUT2D eigenvalue weighted by molar-refractivity contribution is 5.96. The van der Waals surface area contributed by atoms with Gasteiger partial charge in [0.2, 0.25) is 0 Å². The third-order valence-electron chi connectivity index (χ3n) is 5.96. The van der Waals surface area contributed by atoms with Gasteiger partial charge in [0.15, 0.2) is 5.78 Å². The minimum absolute atomic E-state index is 0. The van der Waals surface area contributed by atoms with Crippen LogP contribution in [0.2, 0.25) is 0 Å². The zero-order valence-electron chi connectivity index (χ0n) is 17.8. The predicted octanol–water partition coefficient (Wildman–Crippen LogP) is 5.62. The van der Waals surface area contributed by atoms with Gasteiger partial charge >= 0.3 is 5.97 Å². The van der Waals surface area contributed by atoms with Gasteiger partial charge in [0.05, 0.1) is 0 Å². The minimum atomic E-state index is -0.250. The third kappa shape index (κ3) is 6.41. The molecule has 0 amide bonds. The van der Waals surface area contributed by atoms with Crippen LogP contribution in [0.25, 0.3) is 0 Å². The Bertz CT molecular complexity index is 797. The highest BCUT2D eigenvalue weighted by Gasteiger charge is 2.32. The van der Waals surface area contributed by atoms with Crippen LogP contribution in [0.4, 0.5) is 0 Å². The van der Waals surface area contributed by atoms with Gasteiger partial charge in [-0.25, -0.2) is 0 Å². The summed E-state index contributed by atoms with van der Waals surface area (Å²) in [5, 5.41) is 0. The molecular formula is C25H32ClNO3. The number of nitrogens with zero attached hydrogens (tertiary/aromatic N) is 1. The van der Waals surface area contributed by atoms with E-state index in [4.69, 9.17) is 4.74 Å². The molecule has 30 heavy (non-hydrogen) atoms. The topological polar surface area (TPSA) is 46.6 Å². The number of ether oxygens (including phenoxy) is 1. The summed E-state index contributed by atoms with van der Waals surface area (Å²) < 4.78 is 5.79. The van der Waals surface area contributed by atoms with Crippen LogP contribution in [0.1, 0.15) is 67.5 Å². The van der Waals surface area contributed by atoms with Gasteiger partial charge in [-0.2, -0.15) is 0 Å². The van der Waals surface area contributed by atoms with Gasteiger partial charge in [-0.3, -0.25) is 14.5 Å². The smallest absolute Gasteiger partial charge is 0.306 e. The summed E-state index contributed by atoms with van der Waals surface area (Å²) in [5.41, 5.74) is 1.81. The summed E-state index contributed by atoms with van der Waals surface area (Å²) in [5.74, 6) is 0.0215. The lowest BCUT2D eigenvalue weighted by Gasteiger charge is -2.40. The maximum atomic E-state index is 12.7. The molecule has 2 aromatic rings. The summed E-state index contributed by atoms with van der Waals surface area (Å²) in [6.07, 6.45) is 4.57. The molecule has 0 spiro atoms. The van der Waals surface area contributed by atoms with E-state index < -0.39 is 0 Å². The molecule has 0 aromatic heterocycles. The van der Waals surface area contributed by atoms with Crippen LogP contribution >= 0.6 is 12.4 Å². The average Bonchev–Trinajstić information content (AvgIpc) is 2.77. The van der Waals surface area contributed by atoms with E-state index in [1.165, 1.54) is 0 Å². The summed E-state index contributed by atoms with van der Waals surface area (Å²) in [7, 11) is 2.11. The molecule has 0 N–H and O–H groups in total. The molecule has 3 atom stereocenters. The number of benzene rings is 2. The Balaban J connectivity index is 0.00000320. The van der Waals surface area contributed by atoms with Crippen molar-refractivity contribution in [2.24, 2.45) is 0 Å². The van der Waals surface area contributed by atoms with E-state index in [0.717, 1.165) is 36.8 Å². The normalized spacial score (nSPS) is 20.1. The fraction of sp³-hybridized carbons (Fsp3) is 0.440. The molecule has 1 heterocycles. The number of piperidine rings is 1. The molecule has 1 fully saturated rings. The number of rotatable bonds is 8. The largest absolute Gasteiger partial charge is 0.457 e. The standard InChI is InChI=1S/C25H31NO3.ClH/c1-3-25(28)29-24(20-13-8-5-9-14-20)18-22-16-10-15-21(26(22)2)17-23(27)19-11-6-4-7-12-19;/h4-9,11-14,21-22,24H,3,10,15-18H2,1-2H3;1H. The molecule has 162 valence electrons. The molecule has 1 aliphatic rings. The van der Waals surface area contributed by atoms with Crippen molar-refractivity contribution in [3.8, 4) is 0 Å². The van der Waals surface area contributed by atoms with Crippen molar-refractivity contribution in [3.63, 3.8) is 0 Å². The number of carbonyl (C=O) groups excluding carboxylic acids is 2. The molecule has 0 saturated carbocycles. The summed E-state index contributed by atoms with van der Waals surface area (Å²) in [4.78, 5) is 27.0. The fourth-order valence-electron chi connectivity index (χ4n) is 4.19. The molecule has 1 saturated heterocycles. The van der Waals surface area contributed by atoms with Crippen LogP contribution in [0, 0.1) is 0 Å². The first kappa shape index (κ1) is 24.1. The second-order valence-electron chi connectivity index (χ2n) is 7.88. The number of Topliss-reactive ketones (excluding diaryl/α,β-unsaturated/α-hetero) is 1. The van der Waals surface area contributed by atoms with Gasteiger partial charge < -0.3 is 4.74 Å². The zero-order chi connectivity index (χ0) is 20.6. The molecule has 5 heteroatoms. The van der Waals surface area contributed by atoms with E-state index >= 15 is 0 Å². The minimum Gasteiger partial charge on any atom is -0.457 e. The molecule has 3 rings (SSSR count). The van der Waals surface area contributed by atoms with Crippen molar-refractivity contribution in [2.45, 2.75) is 63.6 Å². The molecule has 0 radical (unpaired) electrons. The second kappa shape index (κ2) is 11.9. The van der Waals surface area contributed by atoms with Crippen LogP contribution < -0.4 is 0 Å². The Morgan fingerprint density at radius 3 is 2.23 bits per heavy atom. The van der Waals surface area contributed by atoms with Gasteiger partial charge in [-0.05, 0) is 25.5 Å². The van der Waals surface area contributed by atoms with Gasteiger partial charge in [-0.15, -0.1) is 12.4 Å². The summed E-state index contributed by atoms with van der Waals surface area (Å²) >= 11 is 0. The van der Waals surface area contributed by atoms with Crippen LogP contribution in [0.15, 0.2) is 60.7 Å². The Morgan fingerprint density at radius 2 is 1.60 bits per heavy atom. The average molecular weight is 430 g/mol. The molecule has 0 aliphatic carbocycles. The van der Waals surface area contributed by atoms with E-state index in [2.05, 4.69) is 11.9 Å². The van der Waals surface area contributed by atoms with Gasteiger partial charge in [0.1, 0.15) is 6.10 Å². The Labute approximate surface area is 186 Å². The van der Waals surface area contributed by atoms with Crippen LogP contribution in [-0.2, 0) is 9.53 Å². The zero-order valence-corrected chi connectivity index (χ0v) is 18.6. The van der Waals surface area contributed by atoms with Gasteiger partial charge in [-0.1, -0.05) is 74.0 Å². The van der Waals surface area contributed by atoms with Crippen molar-refractivity contribution < 1.29 is 14.3 Å². The number of carbonyl (C=O) groups is 2. The van der Waals surface area contributed by atoms with E-state index in [0.29, 0.717) is 12.8 Å². The summed E-state index contributed by atoms with van der Waals surface area (Å²) in [6, 6.07) is 20.0. The van der Waals surface area contributed by atoms with E-state index in [-0.39, 0.29) is 42.3 Å². The molecule has 0 bridgehead atoms. The second-order valence-corrected chi connectivity index (χ2v) is 7.88. The molecule has 2 aromatic carbocycles. The lowest BCUT2D eigenvalue weighted by molar-refractivity contribution is -0.150. The monoisotopic (exact) mass is 429 g/mol. The van der Waals surface area contributed by atoms with E-state index in [1.807, 2.05) is 67.6 Å². The number of hydrogen-bond acceptors (Lipinski definition) is 4. The predicted molar refractivity (Wildman–Crippen MR) is 122 cm³/mol.